The molecule has 18 heavy (non-hydrogen) atoms. The standard InChI is InChI=1S/C13H15ClN2O2/c1-13(2,3)12-15-10(14)9-8(11(17)18-4)6-5-7-16(9)12/h5-7H,1-4H3. The monoisotopic (exact) mass is 266 g/mol. The highest BCUT2D eigenvalue weighted by atomic mass is 35.5. The molecular weight excluding hydrogens is 252 g/mol. The second-order valence-corrected chi connectivity index (χ2v) is 5.47. The Labute approximate surface area is 111 Å². The quantitative estimate of drug-likeness (QED) is 0.745. The molecule has 0 bridgehead atoms. The predicted octanol–water partition coefficient (Wildman–Crippen LogP) is 3.07. The van der Waals surface area contributed by atoms with Crippen LogP contribution in [0, 0.1) is 0 Å². The number of hydrogen-bond acceptors (Lipinski definition) is 3. The molecule has 0 amide bonds. The number of carbonyl (C=O) groups excluding carboxylic acids is 1. The van der Waals surface area contributed by atoms with Gasteiger partial charge < -0.3 is 9.14 Å². The highest BCUT2D eigenvalue weighted by Gasteiger charge is 2.24. The van der Waals surface area contributed by atoms with E-state index in [1.807, 2.05) is 31.4 Å². The molecule has 2 aromatic heterocycles. The number of aromatic nitrogens is 2. The van der Waals surface area contributed by atoms with Crippen LogP contribution in [0.25, 0.3) is 5.52 Å². The van der Waals surface area contributed by atoms with Crippen molar-refractivity contribution in [3.63, 3.8) is 0 Å². The predicted molar refractivity (Wildman–Crippen MR) is 70.2 cm³/mol. The van der Waals surface area contributed by atoms with Crippen LogP contribution in [0.15, 0.2) is 18.3 Å². The maximum atomic E-state index is 11.7. The van der Waals surface area contributed by atoms with Crippen LogP contribution in [0.4, 0.5) is 0 Å². The number of halogens is 1. The first-order chi connectivity index (χ1) is 8.36. The third-order valence-electron chi connectivity index (χ3n) is 2.70. The Morgan fingerprint density at radius 3 is 2.67 bits per heavy atom. The molecule has 0 aromatic carbocycles. The lowest BCUT2D eigenvalue weighted by Crippen LogP contribution is -2.16. The number of pyridine rings is 1. The largest absolute Gasteiger partial charge is 0.465 e. The molecular formula is C13H15ClN2O2. The van der Waals surface area contributed by atoms with Crippen molar-refractivity contribution >= 4 is 23.1 Å². The molecule has 0 radical (unpaired) electrons. The Balaban J connectivity index is 2.80. The molecule has 0 aliphatic carbocycles. The first-order valence-electron chi connectivity index (χ1n) is 5.61. The number of esters is 1. The van der Waals surface area contributed by atoms with Crippen LogP contribution in [0.3, 0.4) is 0 Å². The van der Waals surface area contributed by atoms with Crippen LogP contribution >= 0.6 is 11.6 Å². The van der Waals surface area contributed by atoms with Crippen molar-refractivity contribution in [2.75, 3.05) is 7.11 Å². The molecule has 2 aromatic rings. The summed E-state index contributed by atoms with van der Waals surface area (Å²) < 4.78 is 6.60. The number of rotatable bonds is 1. The molecule has 0 fully saturated rings. The van der Waals surface area contributed by atoms with Gasteiger partial charge in [0, 0.05) is 11.6 Å². The molecule has 0 aliphatic heterocycles. The zero-order valence-corrected chi connectivity index (χ0v) is 11.6. The van der Waals surface area contributed by atoms with E-state index in [1.54, 1.807) is 12.1 Å². The van der Waals surface area contributed by atoms with Crippen LogP contribution in [-0.2, 0) is 10.2 Å². The van der Waals surface area contributed by atoms with Gasteiger partial charge in [-0.2, -0.15) is 0 Å². The highest BCUT2D eigenvalue weighted by Crippen LogP contribution is 2.29. The Morgan fingerprint density at radius 1 is 1.44 bits per heavy atom. The van der Waals surface area contributed by atoms with Gasteiger partial charge in [0.2, 0.25) is 0 Å². The van der Waals surface area contributed by atoms with E-state index in [0.717, 1.165) is 5.82 Å². The normalized spacial score (nSPS) is 11.8. The lowest BCUT2D eigenvalue weighted by Gasteiger charge is -2.16. The van der Waals surface area contributed by atoms with E-state index in [-0.39, 0.29) is 5.41 Å². The number of imidazole rings is 1. The Bertz CT molecular complexity index is 611. The van der Waals surface area contributed by atoms with E-state index in [0.29, 0.717) is 16.2 Å². The summed E-state index contributed by atoms with van der Waals surface area (Å²) in [6, 6.07) is 3.47. The van der Waals surface area contributed by atoms with Crippen molar-refractivity contribution in [1.82, 2.24) is 9.38 Å². The van der Waals surface area contributed by atoms with Crippen LogP contribution in [0.1, 0.15) is 37.0 Å². The Hall–Kier alpha value is -1.55. The van der Waals surface area contributed by atoms with Gasteiger partial charge in [0.25, 0.3) is 0 Å². The van der Waals surface area contributed by atoms with E-state index in [4.69, 9.17) is 16.3 Å². The Kier molecular flexibility index (Phi) is 3.07. The van der Waals surface area contributed by atoms with Crippen LogP contribution < -0.4 is 0 Å². The molecule has 0 N–H and O–H groups in total. The molecule has 0 atom stereocenters. The summed E-state index contributed by atoms with van der Waals surface area (Å²) in [6.07, 6.45) is 1.85. The molecule has 0 aliphatic rings. The number of hydrogen-bond donors (Lipinski definition) is 0. The van der Waals surface area contributed by atoms with Gasteiger partial charge in [-0.3, -0.25) is 0 Å². The number of fused-ring (bicyclic) bond motifs is 1. The Morgan fingerprint density at radius 2 is 2.11 bits per heavy atom. The molecule has 0 saturated carbocycles. The minimum absolute atomic E-state index is 0.162. The fraction of sp³-hybridized carbons (Fsp3) is 0.385. The van der Waals surface area contributed by atoms with Crippen molar-refractivity contribution < 1.29 is 9.53 Å². The molecule has 0 unspecified atom stereocenters. The molecule has 96 valence electrons. The average Bonchev–Trinajstić information content (AvgIpc) is 2.66. The molecule has 2 heterocycles. The summed E-state index contributed by atoms with van der Waals surface area (Å²) in [4.78, 5) is 16.1. The average molecular weight is 267 g/mol. The van der Waals surface area contributed by atoms with Crippen LogP contribution in [0.2, 0.25) is 5.15 Å². The molecule has 0 saturated heterocycles. The first kappa shape index (κ1) is 12.9. The number of methoxy groups -OCH3 is 1. The van der Waals surface area contributed by atoms with Crippen LogP contribution in [0.5, 0.6) is 0 Å². The molecule has 2 rings (SSSR count). The second kappa shape index (κ2) is 4.28. The highest BCUT2D eigenvalue weighted by molar-refractivity contribution is 6.33. The smallest absolute Gasteiger partial charge is 0.340 e. The van der Waals surface area contributed by atoms with Crippen molar-refractivity contribution in [1.29, 1.82) is 0 Å². The zero-order chi connectivity index (χ0) is 13.5. The van der Waals surface area contributed by atoms with Gasteiger partial charge in [-0.1, -0.05) is 32.4 Å². The van der Waals surface area contributed by atoms with Crippen molar-refractivity contribution in [3.05, 3.63) is 34.9 Å². The summed E-state index contributed by atoms with van der Waals surface area (Å²) in [5, 5.41) is 0.320. The summed E-state index contributed by atoms with van der Waals surface area (Å²) in [5.41, 5.74) is 0.856. The van der Waals surface area contributed by atoms with Gasteiger partial charge in [-0.05, 0) is 12.1 Å². The van der Waals surface area contributed by atoms with Gasteiger partial charge >= 0.3 is 5.97 Å². The minimum Gasteiger partial charge on any atom is -0.465 e. The maximum Gasteiger partial charge on any atom is 0.340 e. The summed E-state index contributed by atoms with van der Waals surface area (Å²) >= 11 is 6.15. The summed E-state index contributed by atoms with van der Waals surface area (Å²) in [5.74, 6) is 0.399. The van der Waals surface area contributed by atoms with E-state index in [1.165, 1.54) is 7.11 Å². The van der Waals surface area contributed by atoms with Crippen molar-refractivity contribution in [2.24, 2.45) is 0 Å². The first-order valence-corrected chi connectivity index (χ1v) is 5.99. The topological polar surface area (TPSA) is 43.6 Å². The zero-order valence-electron chi connectivity index (χ0n) is 10.8. The van der Waals surface area contributed by atoms with Gasteiger partial charge in [0.1, 0.15) is 5.82 Å². The molecule has 5 heteroatoms. The SMILES string of the molecule is COC(=O)c1cccn2c(C(C)(C)C)nc(Cl)c12. The lowest BCUT2D eigenvalue weighted by molar-refractivity contribution is 0.0602. The van der Waals surface area contributed by atoms with E-state index < -0.39 is 5.97 Å². The van der Waals surface area contributed by atoms with E-state index in [9.17, 15) is 4.79 Å². The van der Waals surface area contributed by atoms with Gasteiger partial charge in [-0.25, -0.2) is 9.78 Å². The van der Waals surface area contributed by atoms with Crippen molar-refractivity contribution in [3.8, 4) is 0 Å². The third-order valence-corrected chi connectivity index (χ3v) is 2.96. The number of nitrogens with zero attached hydrogens (tertiary/aromatic N) is 2. The van der Waals surface area contributed by atoms with E-state index in [2.05, 4.69) is 4.98 Å². The van der Waals surface area contributed by atoms with Gasteiger partial charge in [-0.15, -0.1) is 0 Å². The van der Waals surface area contributed by atoms with Gasteiger partial charge in [0.15, 0.2) is 5.15 Å². The summed E-state index contributed by atoms with van der Waals surface area (Å²) in [6.45, 7) is 6.13. The molecule has 0 spiro atoms. The molecule has 4 nitrogen and oxygen atoms in total. The van der Waals surface area contributed by atoms with E-state index >= 15 is 0 Å². The fourth-order valence-corrected chi connectivity index (χ4v) is 2.17. The number of ether oxygens (including phenoxy) is 1. The number of carbonyl (C=O) groups is 1. The fourth-order valence-electron chi connectivity index (χ4n) is 1.90. The third kappa shape index (κ3) is 1.97. The maximum absolute atomic E-state index is 11.7. The van der Waals surface area contributed by atoms with Crippen LogP contribution in [-0.4, -0.2) is 22.5 Å². The second-order valence-electron chi connectivity index (χ2n) is 5.11. The van der Waals surface area contributed by atoms with Crippen molar-refractivity contribution in [2.45, 2.75) is 26.2 Å². The lowest BCUT2D eigenvalue weighted by atomic mass is 9.96. The van der Waals surface area contributed by atoms with Gasteiger partial charge in [0.05, 0.1) is 18.2 Å². The minimum atomic E-state index is -0.414. The summed E-state index contributed by atoms with van der Waals surface area (Å²) in [7, 11) is 1.35.